The van der Waals surface area contributed by atoms with E-state index in [4.69, 9.17) is 9.47 Å². The van der Waals surface area contributed by atoms with E-state index in [-0.39, 0.29) is 12.7 Å². The molecule has 4 nitrogen and oxygen atoms in total. The summed E-state index contributed by atoms with van der Waals surface area (Å²) in [5, 5.41) is 2.88. The van der Waals surface area contributed by atoms with Crippen LogP contribution in [0.5, 0.6) is 11.5 Å². The molecule has 1 N–H and O–H groups in total. The van der Waals surface area contributed by atoms with Gasteiger partial charge in [-0.3, -0.25) is 4.79 Å². The van der Waals surface area contributed by atoms with Crippen molar-refractivity contribution >= 4 is 11.6 Å². The van der Waals surface area contributed by atoms with Crippen LogP contribution in [0.25, 0.3) is 0 Å². The third kappa shape index (κ3) is 3.34. The highest BCUT2D eigenvalue weighted by Crippen LogP contribution is 2.34. The van der Waals surface area contributed by atoms with Crippen molar-refractivity contribution in [2.75, 3.05) is 12.1 Å². The predicted molar refractivity (Wildman–Crippen MR) is 80.7 cm³/mol. The van der Waals surface area contributed by atoms with E-state index >= 15 is 0 Å². The van der Waals surface area contributed by atoms with Gasteiger partial charge in [0.1, 0.15) is 0 Å². The molecule has 0 unspecified atom stereocenters. The number of hydrogen-bond acceptors (Lipinski definition) is 3. The van der Waals surface area contributed by atoms with E-state index in [1.165, 1.54) is 11.1 Å². The molecule has 1 heterocycles. The zero-order valence-corrected chi connectivity index (χ0v) is 11.9. The molecular weight excluding hydrogens is 266 g/mol. The first kappa shape index (κ1) is 13.5. The standard InChI is InChI=1S/C17H17NO3/c1-12-3-2-4-13(9-12)5-8-17(19)18-14-6-7-15-16(10-14)21-11-20-15/h2-4,6-7,9-10H,5,8,11H2,1H3,(H,18,19). The lowest BCUT2D eigenvalue weighted by Gasteiger charge is -2.06. The van der Waals surface area contributed by atoms with Crippen LogP contribution in [0.2, 0.25) is 0 Å². The quantitative estimate of drug-likeness (QED) is 0.936. The maximum atomic E-state index is 12.0. The number of anilines is 1. The van der Waals surface area contributed by atoms with E-state index in [9.17, 15) is 4.79 Å². The molecule has 0 spiro atoms. The minimum atomic E-state index is -0.00429. The zero-order valence-electron chi connectivity index (χ0n) is 11.9. The number of aryl methyl sites for hydroxylation is 2. The molecule has 0 saturated heterocycles. The molecule has 2 aromatic rings. The molecule has 4 heteroatoms. The van der Waals surface area contributed by atoms with Crippen LogP contribution in [0.4, 0.5) is 5.69 Å². The number of carbonyl (C=O) groups is 1. The van der Waals surface area contributed by atoms with Gasteiger partial charge >= 0.3 is 0 Å². The fraction of sp³-hybridized carbons (Fsp3) is 0.235. The molecule has 1 aliphatic rings. The lowest BCUT2D eigenvalue weighted by atomic mass is 10.1. The molecule has 3 rings (SSSR count). The molecule has 2 aromatic carbocycles. The number of hydrogen-bond donors (Lipinski definition) is 1. The number of nitrogens with one attached hydrogen (secondary N) is 1. The lowest BCUT2D eigenvalue weighted by Crippen LogP contribution is -2.12. The molecule has 1 aliphatic heterocycles. The van der Waals surface area contributed by atoms with Gasteiger partial charge in [-0.25, -0.2) is 0 Å². The van der Waals surface area contributed by atoms with Gasteiger partial charge in [0, 0.05) is 18.2 Å². The summed E-state index contributed by atoms with van der Waals surface area (Å²) in [6.07, 6.45) is 1.19. The third-order valence-corrected chi connectivity index (χ3v) is 3.38. The molecule has 1 amide bonds. The highest BCUT2D eigenvalue weighted by molar-refractivity contribution is 5.91. The summed E-state index contributed by atoms with van der Waals surface area (Å²) in [4.78, 5) is 12.0. The molecule has 21 heavy (non-hydrogen) atoms. The second kappa shape index (κ2) is 5.87. The van der Waals surface area contributed by atoms with E-state index in [2.05, 4.69) is 24.4 Å². The molecule has 0 atom stereocenters. The summed E-state index contributed by atoms with van der Waals surface area (Å²) in [6.45, 7) is 2.29. The average molecular weight is 283 g/mol. The Hall–Kier alpha value is -2.49. The van der Waals surface area contributed by atoms with Crippen LogP contribution in [0.3, 0.4) is 0 Å². The second-order valence-electron chi connectivity index (χ2n) is 5.11. The predicted octanol–water partition coefficient (Wildman–Crippen LogP) is 3.30. The van der Waals surface area contributed by atoms with Crippen LogP contribution in [0.15, 0.2) is 42.5 Å². The Labute approximate surface area is 123 Å². The maximum absolute atomic E-state index is 12.0. The number of carbonyl (C=O) groups excluding carboxylic acids is 1. The Kier molecular flexibility index (Phi) is 3.77. The van der Waals surface area contributed by atoms with Crippen molar-refractivity contribution in [1.82, 2.24) is 0 Å². The van der Waals surface area contributed by atoms with Gasteiger partial charge in [-0.05, 0) is 31.0 Å². The summed E-state index contributed by atoms with van der Waals surface area (Å²) < 4.78 is 10.5. The van der Waals surface area contributed by atoms with Crippen molar-refractivity contribution in [2.45, 2.75) is 19.8 Å². The fourth-order valence-corrected chi connectivity index (χ4v) is 2.32. The van der Waals surface area contributed by atoms with Crippen molar-refractivity contribution < 1.29 is 14.3 Å². The van der Waals surface area contributed by atoms with Crippen LogP contribution < -0.4 is 14.8 Å². The summed E-state index contributed by atoms with van der Waals surface area (Å²) in [6, 6.07) is 13.6. The van der Waals surface area contributed by atoms with Gasteiger partial charge in [0.2, 0.25) is 12.7 Å². The lowest BCUT2D eigenvalue weighted by molar-refractivity contribution is -0.116. The Morgan fingerprint density at radius 3 is 2.86 bits per heavy atom. The third-order valence-electron chi connectivity index (χ3n) is 3.38. The summed E-state index contributed by atoms with van der Waals surface area (Å²) in [7, 11) is 0. The van der Waals surface area contributed by atoms with Gasteiger partial charge in [-0.1, -0.05) is 29.8 Å². The number of ether oxygens (including phenoxy) is 2. The van der Waals surface area contributed by atoms with Gasteiger partial charge in [-0.15, -0.1) is 0 Å². The SMILES string of the molecule is Cc1cccc(CCC(=O)Nc2ccc3c(c2)OCO3)c1. The van der Waals surface area contributed by atoms with E-state index < -0.39 is 0 Å². The number of benzene rings is 2. The average Bonchev–Trinajstić information content (AvgIpc) is 2.93. The molecule has 0 aromatic heterocycles. The first-order valence-corrected chi connectivity index (χ1v) is 6.96. The largest absolute Gasteiger partial charge is 0.454 e. The van der Waals surface area contributed by atoms with Gasteiger partial charge in [-0.2, -0.15) is 0 Å². The molecule has 0 fully saturated rings. The minimum absolute atomic E-state index is 0.00429. The van der Waals surface area contributed by atoms with Crippen molar-refractivity contribution in [3.63, 3.8) is 0 Å². The van der Waals surface area contributed by atoms with Crippen molar-refractivity contribution in [3.05, 3.63) is 53.6 Å². The van der Waals surface area contributed by atoms with E-state index in [1.54, 1.807) is 12.1 Å². The zero-order chi connectivity index (χ0) is 14.7. The normalized spacial score (nSPS) is 12.2. The van der Waals surface area contributed by atoms with E-state index in [0.29, 0.717) is 17.9 Å². The van der Waals surface area contributed by atoms with E-state index in [1.807, 2.05) is 18.2 Å². The Morgan fingerprint density at radius 2 is 2.00 bits per heavy atom. The number of rotatable bonds is 4. The van der Waals surface area contributed by atoms with Gasteiger partial charge < -0.3 is 14.8 Å². The molecule has 0 saturated carbocycles. The first-order valence-electron chi connectivity index (χ1n) is 6.96. The minimum Gasteiger partial charge on any atom is -0.454 e. The Bertz CT molecular complexity index is 667. The summed E-state index contributed by atoms with van der Waals surface area (Å²) in [5.74, 6) is 1.38. The van der Waals surface area contributed by atoms with E-state index in [0.717, 1.165) is 12.1 Å². The van der Waals surface area contributed by atoms with Crippen molar-refractivity contribution in [3.8, 4) is 11.5 Å². The van der Waals surface area contributed by atoms with Gasteiger partial charge in [0.15, 0.2) is 11.5 Å². The molecule has 0 aliphatic carbocycles. The smallest absolute Gasteiger partial charge is 0.231 e. The maximum Gasteiger partial charge on any atom is 0.231 e. The Balaban J connectivity index is 1.57. The molecular formula is C17H17NO3. The van der Waals surface area contributed by atoms with Gasteiger partial charge in [0.05, 0.1) is 0 Å². The van der Waals surface area contributed by atoms with Crippen LogP contribution in [0, 0.1) is 6.92 Å². The summed E-state index contributed by atoms with van der Waals surface area (Å²) in [5.41, 5.74) is 3.12. The monoisotopic (exact) mass is 283 g/mol. The molecule has 0 bridgehead atoms. The van der Waals surface area contributed by atoms with Crippen molar-refractivity contribution in [1.29, 1.82) is 0 Å². The van der Waals surface area contributed by atoms with Crippen molar-refractivity contribution in [2.24, 2.45) is 0 Å². The first-order chi connectivity index (χ1) is 10.2. The Morgan fingerprint density at radius 1 is 1.14 bits per heavy atom. The topological polar surface area (TPSA) is 47.6 Å². The van der Waals surface area contributed by atoms with Crippen LogP contribution in [0.1, 0.15) is 17.5 Å². The molecule has 0 radical (unpaired) electrons. The van der Waals surface area contributed by atoms with Gasteiger partial charge in [0.25, 0.3) is 0 Å². The highest BCUT2D eigenvalue weighted by atomic mass is 16.7. The number of amides is 1. The van der Waals surface area contributed by atoms with Crippen LogP contribution >= 0.6 is 0 Å². The molecule has 108 valence electrons. The highest BCUT2D eigenvalue weighted by Gasteiger charge is 2.14. The second-order valence-corrected chi connectivity index (χ2v) is 5.11. The van der Waals surface area contributed by atoms with Crippen LogP contribution in [-0.2, 0) is 11.2 Å². The summed E-state index contributed by atoms with van der Waals surface area (Å²) >= 11 is 0. The fourth-order valence-electron chi connectivity index (χ4n) is 2.32. The number of fused-ring (bicyclic) bond motifs is 1. The van der Waals surface area contributed by atoms with Crippen LogP contribution in [-0.4, -0.2) is 12.7 Å².